The van der Waals surface area contributed by atoms with Crippen LogP contribution in [0.1, 0.15) is 30.9 Å². The molecule has 0 aliphatic heterocycles. The average molecular weight is 296 g/mol. The quantitative estimate of drug-likeness (QED) is 0.747. The summed E-state index contributed by atoms with van der Waals surface area (Å²) in [6.07, 6.45) is 0. The Bertz CT molecular complexity index is 444. The molecule has 100 valence electrons. The monoisotopic (exact) mass is 296 g/mol. The molecule has 0 radical (unpaired) electrons. The Morgan fingerprint density at radius 3 is 2.37 bits per heavy atom. The summed E-state index contributed by atoms with van der Waals surface area (Å²) in [4.78, 5) is 0. The van der Waals surface area contributed by atoms with E-state index in [-0.39, 0.29) is 51.4 Å². The molecule has 0 spiro atoms. The second-order valence-electron chi connectivity index (χ2n) is 4.70. The first-order valence-corrected chi connectivity index (χ1v) is 5.82. The van der Waals surface area contributed by atoms with Gasteiger partial charge in [0.15, 0.2) is 0 Å². The number of hydrogen-bond acceptors (Lipinski definition) is 1. The average Bonchev–Trinajstić information content (AvgIpc) is 2.25. The molecule has 0 atom stereocenters. The second-order valence-corrected chi connectivity index (χ2v) is 4.70. The van der Waals surface area contributed by atoms with E-state index < -0.39 is 19.1 Å². The number of benzene rings is 1. The van der Waals surface area contributed by atoms with Crippen molar-refractivity contribution in [2.75, 3.05) is 6.61 Å². The summed E-state index contributed by atoms with van der Waals surface area (Å²) in [5, 5.41) is 0. The van der Waals surface area contributed by atoms with Gasteiger partial charge in [-0.15, -0.1) is 12.1 Å². The van der Waals surface area contributed by atoms with E-state index in [1.165, 1.54) is 0 Å². The van der Waals surface area contributed by atoms with Gasteiger partial charge in [-0.2, -0.15) is 0 Å². The van der Waals surface area contributed by atoms with Crippen LogP contribution in [0.25, 0.3) is 0 Å². The normalized spacial score (nSPS) is 11.1. The molecule has 0 bridgehead atoms. The maximum atomic E-state index is 12.3. The Kier molecular flexibility index (Phi) is 7.99. The molecule has 1 aromatic rings. The summed E-state index contributed by atoms with van der Waals surface area (Å²) in [5.74, 6) is 0.797. The van der Waals surface area contributed by atoms with Crippen molar-refractivity contribution in [3.63, 3.8) is 0 Å². The number of rotatable bonds is 5. The molecule has 6 heteroatoms. The minimum atomic E-state index is -5.02. The van der Waals surface area contributed by atoms with Crippen LogP contribution in [0.2, 0.25) is 0 Å². The standard InChI is InChI=1S/C13H17BF3O.K/c1-9(2)12-6-5-10(3)13(7-12)18-8-11(4)14(15,16)17;/h5-7,9H,4,8H2,1-3H3;/q-1;+1. The van der Waals surface area contributed by atoms with Crippen molar-refractivity contribution in [1.29, 1.82) is 0 Å². The Morgan fingerprint density at radius 2 is 1.89 bits per heavy atom. The van der Waals surface area contributed by atoms with Gasteiger partial charge in [0, 0.05) is 0 Å². The van der Waals surface area contributed by atoms with Gasteiger partial charge in [-0.25, -0.2) is 0 Å². The van der Waals surface area contributed by atoms with Crippen LogP contribution in [0.3, 0.4) is 0 Å². The van der Waals surface area contributed by atoms with E-state index in [0.29, 0.717) is 11.7 Å². The summed E-state index contributed by atoms with van der Waals surface area (Å²) in [6.45, 7) is 3.32. The van der Waals surface area contributed by atoms with Crippen molar-refractivity contribution in [2.24, 2.45) is 0 Å². The van der Waals surface area contributed by atoms with Gasteiger partial charge in [-0.3, -0.25) is 0 Å². The van der Waals surface area contributed by atoms with E-state index >= 15 is 0 Å². The third-order valence-corrected chi connectivity index (χ3v) is 2.75. The van der Waals surface area contributed by atoms with Crippen LogP contribution in [0, 0.1) is 6.92 Å². The van der Waals surface area contributed by atoms with Gasteiger partial charge < -0.3 is 17.7 Å². The van der Waals surface area contributed by atoms with Crippen molar-refractivity contribution in [1.82, 2.24) is 0 Å². The molecule has 1 aromatic carbocycles. The molecule has 19 heavy (non-hydrogen) atoms. The summed E-state index contributed by atoms with van der Waals surface area (Å²) >= 11 is 0. The fraction of sp³-hybridized carbons (Fsp3) is 0.385. The maximum absolute atomic E-state index is 12.3. The van der Waals surface area contributed by atoms with Gasteiger partial charge in [0.1, 0.15) is 5.75 Å². The van der Waals surface area contributed by atoms with Crippen molar-refractivity contribution >= 4 is 6.98 Å². The smallest absolute Gasteiger partial charge is 0.492 e. The predicted molar refractivity (Wildman–Crippen MR) is 69.0 cm³/mol. The topological polar surface area (TPSA) is 9.23 Å². The van der Waals surface area contributed by atoms with Crippen LogP contribution in [-0.4, -0.2) is 13.6 Å². The van der Waals surface area contributed by atoms with E-state index in [9.17, 15) is 12.9 Å². The molecule has 1 nitrogen and oxygen atoms in total. The summed E-state index contributed by atoms with van der Waals surface area (Å²) in [7, 11) is 0. The van der Waals surface area contributed by atoms with Gasteiger partial charge in [-0.1, -0.05) is 26.0 Å². The zero-order valence-electron chi connectivity index (χ0n) is 11.8. The van der Waals surface area contributed by atoms with Crippen LogP contribution in [-0.2, 0) is 0 Å². The Balaban J connectivity index is 0.00000324. The SMILES string of the molecule is C=C(COc1cc(C(C)C)ccc1C)[B-](F)(F)F.[K+]. The van der Waals surface area contributed by atoms with E-state index in [0.717, 1.165) is 11.1 Å². The van der Waals surface area contributed by atoms with Crippen molar-refractivity contribution in [3.8, 4) is 5.75 Å². The summed E-state index contributed by atoms with van der Waals surface area (Å²) in [6, 6.07) is 5.60. The molecule has 1 rings (SSSR count). The zero-order chi connectivity index (χ0) is 13.9. The fourth-order valence-electron chi connectivity index (χ4n) is 1.40. The van der Waals surface area contributed by atoms with Crippen LogP contribution in [0.4, 0.5) is 12.9 Å². The van der Waals surface area contributed by atoms with Gasteiger partial charge in [-0.05, 0) is 30.0 Å². The van der Waals surface area contributed by atoms with Gasteiger partial charge in [0.2, 0.25) is 0 Å². The molecular weight excluding hydrogens is 279 g/mol. The Labute approximate surface area is 155 Å². The number of hydrogen-bond donors (Lipinski definition) is 0. The molecular formula is C13H17BF3KO. The molecule has 0 amide bonds. The number of halogens is 3. The minimum absolute atomic E-state index is 0. The fourth-order valence-corrected chi connectivity index (χ4v) is 1.40. The Morgan fingerprint density at radius 1 is 1.32 bits per heavy atom. The van der Waals surface area contributed by atoms with E-state index in [1.807, 2.05) is 26.0 Å². The Hall–Kier alpha value is 0.251. The minimum Gasteiger partial charge on any atom is -0.492 e. The number of aryl methyl sites for hydroxylation is 1. The van der Waals surface area contributed by atoms with Crippen LogP contribution < -0.4 is 56.1 Å². The molecule has 0 aromatic heterocycles. The van der Waals surface area contributed by atoms with Crippen LogP contribution in [0.15, 0.2) is 30.3 Å². The van der Waals surface area contributed by atoms with Crippen molar-refractivity contribution in [3.05, 3.63) is 41.4 Å². The first-order valence-electron chi connectivity index (χ1n) is 5.82. The molecule has 0 N–H and O–H groups in total. The molecule has 0 aliphatic carbocycles. The molecule has 0 saturated heterocycles. The largest absolute Gasteiger partial charge is 1.00 e. The molecule has 0 unspecified atom stereocenters. The first kappa shape index (κ1) is 19.3. The first-order chi connectivity index (χ1) is 8.21. The predicted octanol–water partition coefficient (Wildman–Crippen LogP) is 1.44. The zero-order valence-corrected chi connectivity index (χ0v) is 15.0. The summed E-state index contributed by atoms with van der Waals surface area (Å²) in [5.41, 5.74) is 1.05. The van der Waals surface area contributed by atoms with Gasteiger partial charge in [0.25, 0.3) is 0 Å². The second kappa shape index (κ2) is 7.88. The van der Waals surface area contributed by atoms with Crippen molar-refractivity contribution in [2.45, 2.75) is 26.7 Å². The maximum Gasteiger partial charge on any atom is 1.00 e. The van der Waals surface area contributed by atoms with Crippen LogP contribution >= 0.6 is 0 Å². The third kappa shape index (κ3) is 6.04. The molecule has 0 aliphatic rings. The number of ether oxygens (including phenoxy) is 1. The van der Waals surface area contributed by atoms with Gasteiger partial charge >= 0.3 is 58.4 Å². The van der Waals surface area contributed by atoms with E-state index in [2.05, 4.69) is 6.58 Å². The van der Waals surface area contributed by atoms with E-state index in [4.69, 9.17) is 4.74 Å². The van der Waals surface area contributed by atoms with Crippen molar-refractivity contribution < 1.29 is 69.1 Å². The molecule has 0 heterocycles. The van der Waals surface area contributed by atoms with Gasteiger partial charge in [0.05, 0.1) is 6.61 Å². The third-order valence-electron chi connectivity index (χ3n) is 2.75. The molecule has 0 saturated carbocycles. The summed E-state index contributed by atoms with van der Waals surface area (Å²) < 4.78 is 42.2. The van der Waals surface area contributed by atoms with Crippen LogP contribution in [0.5, 0.6) is 5.75 Å². The molecule has 0 fully saturated rings. The van der Waals surface area contributed by atoms with E-state index in [1.54, 1.807) is 13.0 Å².